The van der Waals surface area contributed by atoms with E-state index < -0.39 is 0 Å². The van der Waals surface area contributed by atoms with Crippen LogP contribution in [-0.2, 0) is 4.74 Å². The second-order valence-electron chi connectivity index (χ2n) is 4.97. The molecule has 0 radical (unpaired) electrons. The summed E-state index contributed by atoms with van der Waals surface area (Å²) in [5.41, 5.74) is 1.33. The number of nitrogens with zero attached hydrogens (tertiary/aromatic N) is 1. The number of hydrogen-bond acceptors (Lipinski definition) is 2. The molecular formula is C14H19NO. The molecule has 2 heteroatoms. The first-order chi connectivity index (χ1) is 7.84. The minimum atomic E-state index is 0.264. The lowest BCUT2D eigenvalue weighted by molar-refractivity contribution is -0.137. The summed E-state index contributed by atoms with van der Waals surface area (Å²) in [7, 11) is 0. The SMILES string of the molecule is C[C@@H]1[C@@H](c2ccccc2)O[C@@H]2CCCN1C2. The fourth-order valence-electron chi connectivity index (χ4n) is 2.96. The summed E-state index contributed by atoms with van der Waals surface area (Å²) >= 11 is 0. The third-order valence-corrected chi connectivity index (χ3v) is 3.89. The van der Waals surface area contributed by atoms with Gasteiger partial charge < -0.3 is 4.74 Å². The predicted octanol–water partition coefficient (Wildman–Crippen LogP) is 2.61. The van der Waals surface area contributed by atoms with E-state index in [1.165, 1.54) is 24.9 Å². The number of fused-ring (bicyclic) bond motifs is 2. The van der Waals surface area contributed by atoms with E-state index in [4.69, 9.17) is 4.74 Å². The average Bonchev–Trinajstić information content (AvgIpc) is 2.35. The fraction of sp³-hybridized carbons (Fsp3) is 0.571. The zero-order valence-corrected chi connectivity index (χ0v) is 9.80. The zero-order chi connectivity index (χ0) is 11.0. The molecule has 2 nitrogen and oxygen atoms in total. The lowest BCUT2D eigenvalue weighted by Gasteiger charge is -2.46. The first-order valence-corrected chi connectivity index (χ1v) is 6.29. The molecule has 3 rings (SSSR count). The van der Waals surface area contributed by atoms with Gasteiger partial charge >= 0.3 is 0 Å². The monoisotopic (exact) mass is 217 g/mol. The highest BCUT2D eigenvalue weighted by Crippen LogP contribution is 2.34. The average molecular weight is 217 g/mol. The minimum absolute atomic E-state index is 0.264. The Labute approximate surface area is 97.2 Å². The van der Waals surface area contributed by atoms with Crippen LogP contribution in [0.5, 0.6) is 0 Å². The number of morpholine rings is 1. The zero-order valence-electron chi connectivity index (χ0n) is 9.80. The van der Waals surface area contributed by atoms with Gasteiger partial charge in [0.15, 0.2) is 0 Å². The number of benzene rings is 1. The van der Waals surface area contributed by atoms with Gasteiger partial charge in [-0.3, -0.25) is 4.90 Å². The Morgan fingerprint density at radius 1 is 1.25 bits per heavy atom. The molecule has 2 aliphatic heterocycles. The van der Waals surface area contributed by atoms with E-state index in [2.05, 4.69) is 42.2 Å². The maximum absolute atomic E-state index is 6.21. The van der Waals surface area contributed by atoms with Gasteiger partial charge in [-0.1, -0.05) is 30.3 Å². The molecular weight excluding hydrogens is 198 g/mol. The van der Waals surface area contributed by atoms with Crippen molar-refractivity contribution >= 4 is 0 Å². The number of rotatable bonds is 1. The lowest BCUT2D eigenvalue weighted by atomic mass is 9.95. The lowest BCUT2D eigenvalue weighted by Crippen LogP contribution is -2.52. The number of ether oxygens (including phenoxy) is 1. The Hall–Kier alpha value is -0.860. The molecule has 0 aliphatic carbocycles. The molecule has 0 N–H and O–H groups in total. The Bertz CT molecular complexity index is 351. The normalized spacial score (nSPS) is 38.3. The van der Waals surface area contributed by atoms with E-state index in [1.54, 1.807) is 0 Å². The topological polar surface area (TPSA) is 12.5 Å². The molecule has 1 unspecified atom stereocenters. The molecule has 0 saturated carbocycles. The van der Waals surface area contributed by atoms with E-state index >= 15 is 0 Å². The van der Waals surface area contributed by atoms with Crippen molar-refractivity contribution in [3.05, 3.63) is 35.9 Å². The largest absolute Gasteiger partial charge is 0.367 e. The van der Waals surface area contributed by atoms with Crippen LogP contribution in [-0.4, -0.2) is 30.1 Å². The van der Waals surface area contributed by atoms with Gasteiger partial charge in [-0.05, 0) is 31.9 Å². The molecule has 2 aliphatic rings. The van der Waals surface area contributed by atoms with Crippen LogP contribution in [0.25, 0.3) is 0 Å². The van der Waals surface area contributed by atoms with Gasteiger partial charge in [-0.2, -0.15) is 0 Å². The van der Waals surface area contributed by atoms with Crippen molar-refractivity contribution in [3.8, 4) is 0 Å². The Morgan fingerprint density at radius 2 is 2.06 bits per heavy atom. The van der Waals surface area contributed by atoms with Crippen LogP contribution in [0, 0.1) is 0 Å². The van der Waals surface area contributed by atoms with E-state index in [0.717, 1.165) is 6.54 Å². The van der Waals surface area contributed by atoms with Crippen LogP contribution in [0.4, 0.5) is 0 Å². The van der Waals surface area contributed by atoms with E-state index in [1.807, 2.05) is 0 Å². The molecule has 0 aromatic heterocycles. The molecule has 2 heterocycles. The first kappa shape index (κ1) is 10.3. The summed E-state index contributed by atoms with van der Waals surface area (Å²) in [6.07, 6.45) is 3.23. The minimum Gasteiger partial charge on any atom is -0.367 e. The van der Waals surface area contributed by atoms with Gasteiger partial charge in [0.1, 0.15) is 0 Å². The van der Waals surface area contributed by atoms with Crippen molar-refractivity contribution in [1.82, 2.24) is 4.90 Å². The van der Waals surface area contributed by atoms with E-state index in [-0.39, 0.29) is 6.10 Å². The molecule has 2 saturated heterocycles. The molecule has 86 valence electrons. The molecule has 1 aromatic carbocycles. The summed E-state index contributed by atoms with van der Waals surface area (Å²) < 4.78 is 6.21. The van der Waals surface area contributed by atoms with Crippen LogP contribution < -0.4 is 0 Å². The molecule has 2 fully saturated rings. The van der Waals surface area contributed by atoms with Gasteiger partial charge in [0.2, 0.25) is 0 Å². The van der Waals surface area contributed by atoms with Crippen LogP contribution in [0.2, 0.25) is 0 Å². The quantitative estimate of drug-likeness (QED) is 0.717. The Morgan fingerprint density at radius 3 is 2.88 bits per heavy atom. The second-order valence-corrected chi connectivity index (χ2v) is 4.97. The molecule has 4 atom stereocenters. The summed E-state index contributed by atoms with van der Waals surface area (Å²) in [4.78, 5) is 2.58. The molecule has 0 amide bonds. The van der Waals surface area contributed by atoms with Crippen LogP contribution in [0.15, 0.2) is 30.3 Å². The Balaban J connectivity index is 1.85. The van der Waals surface area contributed by atoms with Gasteiger partial charge in [0, 0.05) is 12.6 Å². The molecule has 2 bridgehead atoms. The van der Waals surface area contributed by atoms with Gasteiger partial charge in [0.25, 0.3) is 0 Å². The summed E-state index contributed by atoms with van der Waals surface area (Å²) in [6, 6.07) is 11.2. The highest BCUT2D eigenvalue weighted by Gasteiger charge is 2.36. The Kier molecular flexibility index (Phi) is 2.70. The summed E-state index contributed by atoms with van der Waals surface area (Å²) in [5.74, 6) is 0. The van der Waals surface area contributed by atoms with Gasteiger partial charge in [0.05, 0.1) is 12.2 Å². The van der Waals surface area contributed by atoms with Crippen molar-refractivity contribution in [1.29, 1.82) is 0 Å². The molecule has 1 aromatic rings. The number of hydrogen-bond donors (Lipinski definition) is 0. The highest BCUT2D eigenvalue weighted by molar-refractivity contribution is 5.20. The van der Waals surface area contributed by atoms with Crippen molar-refractivity contribution in [3.63, 3.8) is 0 Å². The summed E-state index contributed by atoms with van der Waals surface area (Å²) in [5, 5.41) is 0. The predicted molar refractivity (Wildman–Crippen MR) is 64.3 cm³/mol. The van der Waals surface area contributed by atoms with Crippen LogP contribution in [0.3, 0.4) is 0 Å². The maximum Gasteiger partial charge on any atom is 0.0981 e. The highest BCUT2D eigenvalue weighted by atomic mass is 16.5. The van der Waals surface area contributed by atoms with Crippen LogP contribution in [0.1, 0.15) is 31.4 Å². The van der Waals surface area contributed by atoms with Gasteiger partial charge in [-0.25, -0.2) is 0 Å². The smallest absolute Gasteiger partial charge is 0.0981 e. The van der Waals surface area contributed by atoms with Crippen molar-refractivity contribution in [2.45, 2.75) is 38.0 Å². The van der Waals surface area contributed by atoms with Crippen molar-refractivity contribution in [2.75, 3.05) is 13.1 Å². The van der Waals surface area contributed by atoms with Crippen molar-refractivity contribution in [2.24, 2.45) is 0 Å². The van der Waals surface area contributed by atoms with E-state index in [9.17, 15) is 0 Å². The fourth-order valence-corrected chi connectivity index (χ4v) is 2.96. The second kappa shape index (κ2) is 4.19. The summed E-state index contributed by atoms with van der Waals surface area (Å²) in [6.45, 7) is 4.66. The van der Waals surface area contributed by atoms with Crippen molar-refractivity contribution < 1.29 is 4.74 Å². The van der Waals surface area contributed by atoms with Gasteiger partial charge in [-0.15, -0.1) is 0 Å². The van der Waals surface area contributed by atoms with E-state index in [0.29, 0.717) is 12.1 Å². The molecule has 16 heavy (non-hydrogen) atoms. The number of piperidine rings is 1. The maximum atomic E-state index is 6.21. The standard InChI is InChI=1S/C14H19NO/c1-11-14(12-6-3-2-4-7-12)16-13-8-5-9-15(11)10-13/h2-4,6-7,11,13-14H,5,8-10H2,1H3/t11-,13-,14+/m1/s1. The third kappa shape index (κ3) is 1.76. The first-order valence-electron chi connectivity index (χ1n) is 6.29. The molecule has 0 spiro atoms. The van der Waals surface area contributed by atoms with Crippen LogP contribution >= 0.6 is 0 Å². The third-order valence-electron chi connectivity index (χ3n) is 3.89.